The summed E-state index contributed by atoms with van der Waals surface area (Å²) in [5, 5.41) is 6.11. The lowest BCUT2D eigenvalue weighted by atomic mass is 9.96. The van der Waals surface area contributed by atoms with Crippen molar-refractivity contribution in [2.45, 2.75) is 57.9 Å². The van der Waals surface area contributed by atoms with E-state index in [0.717, 1.165) is 18.4 Å². The number of hydrogen-bond donors (Lipinski definition) is 2. The molecular formula is C23H28N2O2. The minimum atomic E-state index is -0.170. The SMILES string of the molecule is Cc1ccc(C(=O)NC2CCCCCCC2)cc1NC(=O)c1ccccc1. The van der Waals surface area contributed by atoms with Crippen molar-refractivity contribution in [3.05, 3.63) is 65.2 Å². The minimum Gasteiger partial charge on any atom is -0.349 e. The number of carbonyl (C=O) groups excluding carboxylic acids is 2. The number of hydrogen-bond acceptors (Lipinski definition) is 2. The first kappa shape index (κ1) is 19.2. The molecule has 0 aliphatic heterocycles. The summed E-state index contributed by atoms with van der Waals surface area (Å²) in [5.74, 6) is -0.230. The molecule has 0 spiro atoms. The van der Waals surface area contributed by atoms with Crippen molar-refractivity contribution in [1.82, 2.24) is 5.32 Å². The average molecular weight is 364 g/mol. The van der Waals surface area contributed by atoms with Crippen LogP contribution in [0.2, 0.25) is 0 Å². The normalized spacial score (nSPS) is 15.4. The van der Waals surface area contributed by atoms with Crippen molar-refractivity contribution in [2.75, 3.05) is 5.32 Å². The topological polar surface area (TPSA) is 58.2 Å². The zero-order chi connectivity index (χ0) is 19.1. The third-order valence-electron chi connectivity index (χ3n) is 5.22. The van der Waals surface area contributed by atoms with E-state index in [1.165, 1.54) is 32.1 Å². The van der Waals surface area contributed by atoms with E-state index in [9.17, 15) is 9.59 Å². The van der Waals surface area contributed by atoms with Crippen LogP contribution in [0, 0.1) is 6.92 Å². The van der Waals surface area contributed by atoms with Crippen molar-refractivity contribution in [3.63, 3.8) is 0 Å². The van der Waals surface area contributed by atoms with Crippen LogP contribution in [0.4, 0.5) is 5.69 Å². The largest absolute Gasteiger partial charge is 0.349 e. The molecule has 4 nitrogen and oxygen atoms in total. The van der Waals surface area contributed by atoms with Crippen LogP contribution < -0.4 is 10.6 Å². The molecule has 1 fully saturated rings. The van der Waals surface area contributed by atoms with Gasteiger partial charge < -0.3 is 10.6 Å². The van der Waals surface area contributed by atoms with Crippen LogP contribution in [0.1, 0.15) is 71.2 Å². The molecule has 1 aliphatic carbocycles. The fraction of sp³-hybridized carbons (Fsp3) is 0.391. The third kappa shape index (κ3) is 5.43. The van der Waals surface area contributed by atoms with E-state index >= 15 is 0 Å². The first-order chi connectivity index (χ1) is 13.1. The molecule has 0 saturated heterocycles. The lowest BCUT2D eigenvalue weighted by molar-refractivity contribution is 0.0929. The summed E-state index contributed by atoms with van der Waals surface area (Å²) in [4.78, 5) is 25.1. The molecule has 0 atom stereocenters. The molecule has 0 radical (unpaired) electrons. The zero-order valence-corrected chi connectivity index (χ0v) is 16.0. The Balaban J connectivity index is 1.68. The Labute approximate surface area is 161 Å². The predicted octanol–water partition coefficient (Wildman–Crippen LogP) is 5.09. The molecule has 1 aliphatic rings. The van der Waals surface area contributed by atoms with E-state index in [-0.39, 0.29) is 17.9 Å². The molecule has 142 valence electrons. The van der Waals surface area contributed by atoms with Gasteiger partial charge in [-0.05, 0) is 49.6 Å². The minimum absolute atomic E-state index is 0.0595. The molecular weight excluding hydrogens is 336 g/mol. The highest BCUT2D eigenvalue weighted by molar-refractivity contribution is 6.05. The van der Waals surface area contributed by atoms with E-state index < -0.39 is 0 Å². The van der Waals surface area contributed by atoms with Gasteiger partial charge in [0.2, 0.25) is 0 Å². The van der Waals surface area contributed by atoms with Gasteiger partial charge in [-0.15, -0.1) is 0 Å². The second-order valence-corrected chi connectivity index (χ2v) is 7.37. The van der Waals surface area contributed by atoms with Gasteiger partial charge in [0.15, 0.2) is 0 Å². The lowest BCUT2D eigenvalue weighted by Crippen LogP contribution is -2.35. The fourth-order valence-corrected chi connectivity index (χ4v) is 3.55. The Hall–Kier alpha value is -2.62. The van der Waals surface area contributed by atoms with Crippen molar-refractivity contribution >= 4 is 17.5 Å². The summed E-state index contributed by atoms with van der Waals surface area (Å²) >= 11 is 0. The first-order valence-corrected chi connectivity index (χ1v) is 9.91. The standard InChI is InChI=1S/C23H28N2O2/c1-17-14-15-19(23(27)24-20-12-8-3-2-4-9-13-20)16-21(17)25-22(26)18-10-6-5-7-11-18/h5-7,10-11,14-16,20H,2-4,8-9,12-13H2,1H3,(H,24,27)(H,25,26). The van der Waals surface area contributed by atoms with Gasteiger partial charge >= 0.3 is 0 Å². The average Bonchev–Trinajstić information content (AvgIpc) is 2.66. The number of amides is 2. The number of nitrogens with one attached hydrogen (secondary N) is 2. The van der Waals surface area contributed by atoms with E-state index in [1.807, 2.05) is 37.3 Å². The summed E-state index contributed by atoms with van der Waals surface area (Å²) in [6, 6.07) is 14.8. The maximum atomic E-state index is 12.7. The van der Waals surface area contributed by atoms with Gasteiger partial charge in [0.05, 0.1) is 0 Å². The Bertz CT molecular complexity index is 778. The molecule has 0 bridgehead atoms. The molecule has 0 unspecified atom stereocenters. The van der Waals surface area contributed by atoms with Gasteiger partial charge in [0, 0.05) is 22.9 Å². The van der Waals surface area contributed by atoms with Gasteiger partial charge in [-0.3, -0.25) is 9.59 Å². The fourth-order valence-electron chi connectivity index (χ4n) is 3.55. The summed E-state index contributed by atoms with van der Waals surface area (Å²) in [7, 11) is 0. The van der Waals surface area contributed by atoms with Crippen LogP contribution in [0.3, 0.4) is 0 Å². The number of rotatable bonds is 4. The molecule has 0 heterocycles. The number of benzene rings is 2. The molecule has 2 aromatic carbocycles. The van der Waals surface area contributed by atoms with Crippen molar-refractivity contribution in [2.24, 2.45) is 0 Å². The highest BCUT2D eigenvalue weighted by Gasteiger charge is 2.16. The second kappa shape index (κ2) is 9.36. The highest BCUT2D eigenvalue weighted by Crippen LogP contribution is 2.20. The molecule has 1 saturated carbocycles. The maximum absolute atomic E-state index is 12.7. The van der Waals surface area contributed by atoms with Gasteiger partial charge in [0.25, 0.3) is 11.8 Å². The quantitative estimate of drug-likeness (QED) is 0.794. The van der Waals surface area contributed by atoms with Crippen LogP contribution in [0.25, 0.3) is 0 Å². The Morgan fingerprint density at radius 1 is 0.815 bits per heavy atom. The van der Waals surface area contributed by atoms with Crippen LogP contribution >= 0.6 is 0 Å². The molecule has 0 aromatic heterocycles. The number of carbonyl (C=O) groups is 2. The summed E-state index contributed by atoms with van der Waals surface area (Å²) < 4.78 is 0. The van der Waals surface area contributed by atoms with Crippen LogP contribution in [-0.4, -0.2) is 17.9 Å². The van der Waals surface area contributed by atoms with E-state index in [4.69, 9.17) is 0 Å². The Kier molecular flexibility index (Phi) is 6.64. The van der Waals surface area contributed by atoms with E-state index in [0.29, 0.717) is 16.8 Å². The summed E-state index contributed by atoms with van der Waals surface area (Å²) in [6.45, 7) is 1.93. The zero-order valence-electron chi connectivity index (χ0n) is 16.0. The molecule has 3 rings (SSSR count). The van der Waals surface area contributed by atoms with E-state index in [2.05, 4.69) is 10.6 Å². The Morgan fingerprint density at radius 2 is 1.48 bits per heavy atom. The molecule has 2 N–H and O–H groups in total. The summed E-state index contributed by atoms with van der Waals surface area (Å²) in [6.07, 6.45) is 8.28. The Morgan fingerprint density at radius 3 is 2.19 bits per heavy atom. The highest BCUT2D eigenvalue weighted by atomic mass is 16.2. The smallest absolute Gasteiger partial charge is 0.255 e. The van der Waals surface area contributed by atoms with Crippen LogP contribution in [-0.2, 0) is 0 Å². The van der Waals surface area contributed by atoms with E-state index in [1.54, 1.807) is 18.2 Å². The lowest BCUT2D eigenvalue weighted by Gasteiger charge is -2.21. The molecule has 2 aromatic rings. The van der Waals surface area contributed by atoms with Gasteiger partial charge in [-0.2, -0.15) is 0 Å². The van der Waals surface area contributed by atoms with Crippen molar-refractivity contribution < 1.29 is 9.59 Å². The molecule has 27 heavy (non-hydrogen) atoms. The monoisotopic (exact) mass is 364 g/mol. The maximum Gasteiger partial charge on any atom is 0.255 e. The van der Waals surface area contributed by atoms with Crippen LogP contribution in [0.5, 0.6) is 0 Å². The van der Waals surface area contributed by atoms with Gasteiger partial charge in [-0.1, -0.05) is 56.4 Å². The second-order valence-electron chi connectivity index (χ2n) is 7.37. The summed E-state index contributed by atoms with van der Waals surface area (Å²) in [5.41, 5.74) is 2.79. The van der Waals surface area contributed by atoms with Gasteiger partial charge in [0.1, 0.15) is 0 Å². The van der Waals surface area contributed by atoms with Crippen LogP contribution in [0.15, 0.2) is 48.5 Å². The molecule has 2 amide bonds. The van der Waals surface area contributed by atoms with Crippen molar-refractivity contribution in [3.8, 4) is 0 Å². The van der Waals surface area contributed by atoms with Crippen molar-refractivity contribution in [1.29, 1.82) is 0 Å². The third-order valence-corrected chi connectivity index (χ3v) is 5.22. The predicted molar refractivity (Wildman–Crippen MR) is 109 cm³/mol. The van der Waals surface area contributed by atoms with Gasteiger partial charge in [-0.25, -0.2) is 0 Å². The number of anilines is 1. The molecule has 4 heteroatoms. The number of aryl methyl sites for hydroxylation is 1. The first-order valence-electron chi connectivity index (χ1n) is 9.91.